The lowest BCUT2D eigenvalue weighted by molar-refractivity contribution is -0.137. The molecule has 5 nitrogen and oxygen atoms in total. The summed E-state index contributed by atoms with van der Waals surface area (Å²) in [6.45, 7) is 2.40. The van der Waals surface area contributed by atoms with Gasteiger partial charge in [0.1, 0.15) is 19.0 Å². The molecule has 27 heavy (non-hydrogen) atoms. The lowest BCUT2D eigenvalue weighted by Crippen LogP contribution is -2.34. The maximum absolute atomic E-state index is 11.0. The Hall–Kier alpha value is -2.84. The molecule has 140 valence electrons. The SMILES string of the molecule is CC#CC(CC(=O)O)c1ccc(OCC2COc3ccc(Cl)cc3O2)cc1. The zero-order valence-corrected chi connectivity index (χ0v) is 15.5. The Morgan fingerprint density at radius 3 is 2.78 bits per heavy atom. The second-order valence-corrected chi connectivity index (χ2v) is 6.50. The van der Waals surface area contributed by atoms with Gasteiger partial charge in [-0.2, -0.15) is 0 Å². The smallest absolute Gasteiger partial charge is 0.304 e. The average molecular weight is 387 g/mol. The maximum atomic E-state index is 11.0. The number of carbonyl (C=O) groups is 1. The zero-order valence-electron chi connectivity index (χ0n) is 14.8. The minimum absolute atomic E-state index is 0.0315. The van der Waals surface area contributed by atoms with Crippen molar-refractivity contribution in [3.63, 3.8) is 0 Å². The number of hydrogen-bond acceptors (Lipinski definition) is 4. The molecule has 0 aliphatic carbocycles. The summed E-state index contributed by atoms with van der Waals surface area (Å²) >= 11 is 5.98. The van der Waals surface area contributed by atoms with Crippen molar-refractivity contribution in [3.05, 3.63) is 53.1 Å². The Morgan fingerprint density at radius 2 is 2.07 bits per heavy atom. The number of hydrogen-bond donors (Lipinski definition) is 1. The van der Waals surface area contributed by atoms with Crippen molar-refractivity contribution in [2.24, 2.45) is 0 Å². The summed E-state index contributed by atoms with van der Waals surface area (Å²) in [6, 6.07) is 12.5. The molecule has 2 aromatic carbocycles. The standard InChI is InChI=1S/C21H19ClO5/c1-2-3-15(10-21(23)24)14-4-7-17(8-5-14)25-12-18-13-26-19-9-6-16(22)11-20(19)27-18/h4-9,11,15,18H,10,12-13H2,1H3,(H,23,24). The van der Waals surface area contributed by atoms with Crippen LogP contribution in [0, 0.1) is 11.8 Å². The Balaban J connectivity index is 1.59. The third-order valence-electron chi connectivity index (χ3n) is 4.04. The molecule has 0 spiro atoms. The average Bonchev–Trinajstić information content (AvgIpc) is 2.66. The number of halogens is 1. The van der Waals surface area contributed by atoms with Crippen LogP contribution in [-0.2, 0) is 4.79 Å². The lowest BCUT2D eigenvalue weighted by atomic mass is 9.96. The Kier molecular flexibility index (Phi) is 6.10. The van der Waals surface area contributed by atoms with Gasteiger partial charge in [0.05, 0.1) is 12.3 Å². The fourth-order valence-corrected chi connectivity index (χ4v) is 2.92. The largest absolute Gasteiger partial charge is 0.490 e. The summed E-state index contributed by atoms with van der Waals surface area (Å²) in [7, 11) is 0. The molecular formula is C21H19ClO5. The number of benzene rings is 2. The highest BCUT2D eigenvalue weighted by molar-refractivity contribution is 6.30. The molecule has 0 amide bonds. The van der Waals surface area contributed by atoms with Crippen molar-refractivity contribution < 1.29 is 24.1 Å². The van der Waals surface area contributed by atoms with Crippen molar-refractivity contribution in [1.82, 2.24) is 0 Å². The Labute approximate surface area is 162 Å². The van der Waals surface area contributed by atoms with Crippen LogP contribution in [0.3, 0.4) is 0 Å². The number of fused-ring (bicyclic) bond motifs is 1. The van der Waals surface area contributed by atoms with E-state index in [4.69, 9.17) is 30.9 Å². The third-order valence-corrected chi connectivity index (χ3v) is 4.27. The van der Waals surface area contributed by atoms with Gasteiger partial charge in [0.2, 0.25) is 0 Å². The molecular weight excluding hydrogens is 368 g/mol. The second kappa shape index (κ2) is 8.70. The van der Waals surface area contributed by atoms with Crippen molar-refractivity contribution in [1.29, 1.82) is 0 Å². The quantitative estimate of drug-likeness (QED) is 0.756. The van der Waals surface area contributed by atoms with Gasteiger partial charge < -0.3 is 19.3 Å². The first-order valence-corrected chi connectivity index (χ1v) is 8.89. The van der Waals surface area contributed by atoms with Gasteiger partial charge in [-0.1, -0.05) is 29.7 Å². The molecule has 6 heteroatoms. The van der Waals surface area contributed by atoms with Gasteiger partial charge >= 0.3 is 5.97 Å². The highest BCUT2D eigenvalue weighted by atomic mass is 35.5. The van der Waals surface area contributed by atoms with Crippen LogP contribution < -0.4 is 14.2 Å². The number of carboxylic acids is 1. The molecule has 1 N–H and O–H groups in total. The van der Waals surface area contributed by atoms with Gasteiger partial charge in [-0.05, 0) is 36.8 Å². The molecule has 1 heterocycles. The van der Waals surface area contributed by atoms with E-state index in [2.05, 4.69) is 11.8 Å². The van der Waals surface area contributed by atoms with E-state index in [1.54, 1.807) is 37.3 Å². The first kappa shape index (κ1) is 18.9. The third kappa shape index (κ3) is 5.08. The van der Waals surface area contributed by atoms with E-state index in [9.17, 15) is 4.79 Å². The van der Waals surface area contributed by atoms with Gasteiger partial charge in [-0.15, -0.1) is 5.92 Å². The van der Waals surface area contributed by atoms with Crippen LogP contribution in [0.4, 0.5) is 0 Å². The van der Waals surface area contributed by atoms with Crippen LogP contribution in [0.1, 0.15) is 24.8 Å². The molecule has 2 aromatic rings. The maximum Gasteiger partial charge on any atom is 0.304 e. The summed E-state index contributed by atoms with van der Waals surface area (Å²) < 4.78 is 17.3. The predicted octanol–water partition coefficient (Wildman–Crippen LogP) is 4.14. The minimum Gasteiger partial charge on any atom is -0.490 e. The van der Waals surface area contributed by atoms with E-state index in [1.807, 2.05) is 12.1 Å². The van der Waals surface area contributed by atoms with Crippen molar-refractivity contribution in [2.75, 3.05) is 13.2 Å². The van der Waals surface area contributed by atoms with E-state index in [0.29, 0.717) is 35.5 Å². The van der Waals surface area contributed by atoms with Crippen molar-refractivity contribution in [3.8, 4) is 29.1 Å². The molecule has 0 radical (unpaired) electrons. The first-order chi connectivity index (χ1) is 13.0. The van der Waals surface area contributed by atoms with E-state index in [0.717, 1.165) is 5.56 Å². The topological polar surface area (TPSA) is 65.0 Å². The number of aliphatic carboxylic acids is 1. The van der Waals surface area contributed by atoms with Crippen LogP contribution in [0.25, 0.3) is 0 Å². The van der Waals surface area contributed by atoms with E-state index in [-0.39, 0.29) is 18.4 Å². The summed E-state index contributed by atoms with van der Waals surface area (Å²) in [5.41, 5.74) is 0.847. The Morgan fingerprint density at radius 1 is 1.30 bits per heavy atom. The van der Waals surface area contributed by atoms with Crippen LogP contribution in [0.5, 0.6) is 17.2 Å². The molecule has 1 aliphatic rings. The molecule has 1 aliphatic heterocycles. The monoisotopic (exact) mass is 386 g/mol. The van der Waals surface area contributed by atoms with Crippen LogP contribution in [0.2, 0.25) is 5.02 Å². The highest BCUT2D eigenvalue weighted by Gasteiger charge is 2.22. The molecule has 0 aromatic heterocycles. The molecule has 0 bridgehead atoms. The summed E-state index contributed by atoms with van der Waals surface area (Å²) in [5.74, 6) is 6.43. The number of ether oxygens (including phenoxy) is 3. The molecule has 3 rings (SSSR count). The Bertz CT molecular complexity index is 866. The fourth-order valence-electron chi connectivity index (χ4n) is 2.76. The van der Waals surface area contributed by atoms with Crippen LogP contribution in [0.15, 0.2) is 42.5 Å². The summed E-state index contributed by atoms with van der Waals surface area (Å²) in [5, 5.41) is 9.60. The van der Waals surface area contributed by atoms with Gasteiger partial charge in [0, 0.05) is 11.1 Å². The molecule has 2 atom stereocenters. The molecule has 2 unspecified atom stereocenters. The normalized spacial score (nSPS) is 16.0. The zero-order chi connectivity index (χ0) is 19.2. The van der Waals surface area contributed by atoms with Crippen LogP contribution >= 0.6 is 11.6 Å². The first-order valence-electron chi connectivity index (χ1n) is 8.51. The minimum atomic E-state index is -0.877. The number of carboxylic acid groups (broad SMARTS) is 1. The molecule has 0 fully saturated rings. The molecule has 0 saturated carbocycles. The lowest BCUT2D eigenvalue weighted by Gasteiger charge is -2.26. The molecule has 0 saturated heterocycles. The van der Waals surface area contributed by atoms with Gasteiger partial charge in [-0.3, -0.25) is 4.79 Å². The van der Waals surface area contributed by atoms with Gasteiger partial charge in [-0.25, -0.2) is 0 Å². The summed E-state index contributed by atoms with van der Waals surface area (Å²) in [6.07, 6.45) is -0.280. The number of rotatable bonds is 6. The van der Waals surface area contributed by atoms with Gasteiger partial charge in [0.25, 0.3) is 0 Å². The van der Waals surface area contributed by atoms with Gasteiger partial charge in [0.15, 0.2) is 17.6 Å². The van der Waals surface area contributed by atoms with E-state index < -0.39 is 5.97 Å². The fraction of sp³-hybridized carbons (Fsp3) is 0.286. The van der Waals surface area contributed by atoms with E-state index in [1.165, 1.54) is 0 Å². The second-order valence-electron chi connectivity index (χ2n) is 6.07. The van der Waals surface area contributed by atoms with Crippen molar-refractivity contribution >= 4 is 17.6 Å². The van der Waals surface area contributed by atoms with E-state index >= 15 is 0 Å². The van der Waals surface area contributed by atoms with Crippen molar-refractivity contribution in [2.45, 2.75) is 25.4 Å². The highest BCUT2D eigenvalue weighted by Crippen LogP contribution is 2.34. The van der Waals surface area contributed by atoms with Crippen LogP contribution in [-0.4, -0.2) is 30.4 Å². The summed E-state index contributed by atoms with van der Waals surface area (Å²) in [4.78, 5) is 11.0. The predicted molar refractivity (Wildman–Crippen MR) is 102 cm³/mol.